The summed E-state index contributed by atoms with van der Waals surface area (Å²) in [6.45, 7) is 0.256. The molecule has 0 atom stereocenters. The third-order valence-electron chi connectivity index (χ3n) is 2.58. The van der Waals surface area contributed by atoms with Crippen LogP contribution >= 0.6 is 23.8 Å². The van der Waals surface area contributed by atoms with Gasteiger partial charge in [0.15, 0.2) is 0 Å². The number of hydrogen-bond donors (Lipinski definition) is 2. The fraction of sp³-hybridized carbons (Fsp3) is 0.0833. The smallest absolute Gasteiger partial charge is 0.328 e. The van der Waals surface area contributed by atoms with Gasteiger partial charge in [0.25, 0.3) is 5.56 Å². The number of rotatable bonds is 3. The molecule has 0 unspecified atom stereocenters. The minimum absolute atomic E-state index is 0.256. The van der Waals surface area contributed by atoms with Crippen molar-refractivity contribution in [1.29, 1.82) is 0 Å². The van der Waals surface area contributed by atoms with E-state index in [0.717, 1.165) is 5.56 Å². The molecule has 0 saturated carbocycles. The van der Waals surface area contributed by atoms with Gasteiger partial charge in [0.1, 0.15) is 4.99 Å². The number of nitrogens with two attached hydrogens (primary N) is 1. The molecule has 1 aromatic heterocycles. The highest BCUT2D eigenvalue weighted by Gasteiger charge is 2.05. The molecule has 2 aromatic rings. The van der Waals surface area contributed by atoms with Gasteiger partial charge in [-0.15, -0.1) is 0 Å². The highest BCUT2D eigenvalue weighted by molar-refractivity contribution is 7.80. The molecule has 5 nitrogen and oxygen atoms in total. The number of halogens is 1. The summed E-state index contributed by atoms with van der Waals surface area (Å²) in [4.78, 5) is 24.9. The second-order valence-electron chi connectivity index (χ2n) is 3.91. The second-order valence-corrected chi connectivity index (χ2v) is 4.76. The number of nitrogens with zero attached hydrogens (tertiary/aromatic N) is 1. The lowest BCUT2D eigenvalue weighted by Crippen LogP contribution is -2.28. The van der Waals surface area contributed by atoms with Gasteiger partial charge >= 0.3 is 5.69 Å². The Morgan fingerprint density at radius 2 is 2.11 bits per heavy atom. The fourth-order valence-electron chi connectivity index (χ4n) is 1.58. The van der Waals surface area contributed by atoms with Crippen LogP contribution in [0.4, 0.5) is 0 Å². The molecule has 1 aromatic carbocycles. The van der Waals surface area contributed by atoms with Crippen LogP contribution in [0.1, 0.15) is 11.1 Å². The first kappa shape index (κ1) is 13.5. The largest absolute Gasteiger partial charge is 0.389 e. The summed E-state index contributed by atoms with van der Waals surface area (Å²) < 4.78 is 1.35. The maximum atomic E-state index is 11.6. The number of hydrogen-bond acceptors (Lipinski definition) is 3. The Balaban J connectivity index is 2.36. The quantitative estimate of drug-likeness (QED) is 0.824. The van der Waals surface area contributed by atoms with Crippen molar-refractivity contribution in [2.24, 2.45) is 5.73 Å². The maximum absolute atomic E-state index is 11.6. The third kappa shape index (κ3) is 3.10. The number of H-pyrrole nitrogens is 1. The second kappa shape index (κ2) is 5.38. The van der Waals surface area contributed by atoms with Crippen molar-refractivity contribution >= 4 is 28.8 Å². The summed E-state index contributed by atoms with van der Waals surface area (Å²) in [5.74, 6) is 0. The first-order valence-electron chi connectivity index (χ1n) is 5.35. The van der Waals surface area contributed by atoms with Crippen LogP contribution in [0.25, 0.3) is 0 Å². The zero-order valence-electron chi connectivity index (χ0n) is 9.72. The fourth-order valence-corrected chi connectivity index (χ4v) is 1.95. The van der Waals surface area contributed by atoms with E-state index in [1.165, 1.54) is 16.8 Å². The molecule has 19 heavy (non-hydrogen) atoms. The predicted octanol–water partition coefficient (Wildman–Crippen LogP) is 0.873. The molecule has 7 heteroatoms. The number of aromatic nitrogens is 2. The van der Waals surface area contributed by atoms with E-state index >= 15 is 0 Å². The molecule has 2 rings (SSSR count). The van der Waals surface area contributed by atoms with Gasteiger partial charge < -0.3 is 5.73 Å². The normalized spacial score (nSPS) is 10.4. The van der Waals surface area contributed by atoms with E-state index in [-0.39, 0.29) is 11.5 Å². The van der Waals surface area contributed by atoms with Crippen LogP contribution in [0.3, 0.4) is 0 Å². The minimum atomic E-state index is -0.484. The predicted molar refractivity (Wildman–Crippen MR) is 77.8 cm³/mol. The van der Waals surface area contributed by atoms with E-state index in [2.05, 4.69) is 4.98 Å². The molecule has 0 fully saturated rings. The molecule has 0 spiro atoms. The monoisotopic (exact) mass is 295 g/mol. The lowest BCUT2D eigenvalue weighted by Gasteiger charge is -2.08. The van der Waals surface area contributed by atoms with Crippen molar-refractivity contribution in [2.45, 2.75) is 6.54 Å². The molecule has 1 heterocycles. The summed E-state index contributed by atoms with van der Waals surface area (Å²) in [6, 6.07) is 6.41. The van der Waals surface area contributed by atoms with Crippen LogP contribution in [0, 0.1) is 0 Å². The van der Waals surface area contributed by atoms with Gasteiger partial charge in [0, 0.05) is 22.8 Å². The molecule has 0 aliphatic carbocycles. The van der Waals surface area contributed by atoms with Crippen LogP contribution in [0.5, 0.6) is 0 Å². The molecule has 98 valence electrons. The van der Waals surface area contributed by atoms with Gasteiger partial charge in [-0.2, -0.15) is 0 Å². The lowest BCUT2D eigenvalue weighted by atomic mass is 10.1. The van der Waals surface area contributed by atoms with Crippen LogP contribution < -0.4 is 17.0 Å². The van der Waals surface area contributed by atoms with Gasteiger partial charge in [0.05, 0.1) is 6.54 Å². The molecule has 0 aliphatic heterocycles. The van der Waals surface area contributed by atoms with Crippen molar-refractivity contribution in [2.75, 3.05) is 0 Å². The van der Waals surface area contributed by atoms with Crippen LogP contribution in [0.15, 0.2) is 40.1 Å². The molecular weight excluding hydrogens is 286 g/mol. The lowest BCUT2D eigenvalue weighted by molar-refractivity contribution is 0.720. The zero-order valence-corrected chi connectivity index (χ0v) is 11.3. The van der Waals surface area contributed by atoms with Gasteiger partial charge in [-0.25, -0.2) is 4.79 Å². The van der Waals surface area contributed by atoms with Crippen molar-refractivity contribution < 1.29 is 0 Å². The Morgan fingerprint density at radius 1 is 1.37 bits per heavy atom. The Kier molecular flexibility index (Phi) is 3.82. The van der Waals surface area contributed by atoms with Crippen molar-refractivity contribution in [3.63, 3.8) is 0 Å². The standard InChI is InChI=1S/C12H10ClN3O2S/c13-9-5-7(11(14)19)1-2-8(9)6-16-4-3-10(17)15-12(16)18/h1-5H,6H2,(H2,14,19)(H,15,17,18). The van der Waals surface area contributed by atoms with Crippen molar-refractivity contribution in [1.82, 2.24) is 9.55 Å². The summed E-state index contributed by atoms with van der Waals surface area (Å²) in [5, 5.41) is 0.461. The summed E-state index contributed by atoms with van der Waals surface area (Å²) in [7, 11) is 0. The molecule has 0 bridgehead atoms. The van der Waals surface area contributed by atoms with E-state index < -0.39 is 11.2 Å². The summed E-state index contributed by atoms with van der Waals surface area (Å²) in [6.07, 6.45) is 1.42. The average Bonchev–Trinajstić information content (AvgIpc) is 2.34. The number of aromatic amines is 1. The molecular formula is C12H10ClN3O2S. The van der Waals surface area contributed by atoms with E-state index in [0.29, 0.717) is 10.6 Å². The van der Waals surface area contributed by atoms with Crippen LogP contribution in [0.2, 0.25) is 5.02 Å². The summed E-state index contributed by atoms with van der Waals surface area (Å²) in [5.41, 5.74) is 5.98. The van der Waals surface area contributed by atoms with Crippen molar-refractivity contribution in [3.05, 3.63) is 67.4 Å². The maximum Gasteiger partial charge on any atom is 0.328 e. The van der Waals surface area contributed by atoms with Gasteiger partial charge in [-0.05, 0) is 11.6 Å². The van der Waals surface area contributed by atoms with Gasteiger partial charge in [0.2, 0.25) is 0 Å². The van der Waals surface area contributed by atoms with Crippen LogP contribution in [-0.2, 0) is 6.54 Å². The number of benzene rings is 1. The first-order chi connectivity index (χ1) is 8.97. The minimum Gasteiger partial charge on any atom is -0.389 e. The zero-order chi connectivity index (χ0) is 14.0. The SMILES string of the molecule is NC(=S)c1ccc(Cn2ccc(=O)[nH]c2=O)c(Cl)c1. The van der Waals surface area contributed by atoms with E-state index in [1.807, 2.05) is 0 Å². The van der Waals surface area contributed by atoms with Crippen molar-refractivity contribution in [3.8, 4) is 0 Å². The Hall–Kier alpha value is -1.92. The average molecular weight is 296 g/mol. The number of nitrogens with one attached hydrogen (secondary N) is 1. The van der Waals surface area contributed by atoms with Gasteiger partial charge in [-0.3, -0.25) is 14.3 Å². The van der Waals surface area contributed by atoms with E-state index in [1.54, 1.807) is 18.2 Å². The Morgan fingerprint density at radius 3 is 2.68 bits per heavy atom. The Bertz CT molecular complexity index is 751. The Labute approximate surface area is 118 Å². The molecule has 0 amide bonds. The summed E-state index contributed by atoms with van der Waals surface area (Å²) >= 11 is 11.0. The van der Waals surface area contributed by atoms with E-state index in [4.69, 9.17) is 29.6 Å². The highest BCUT2D eigenvalue weighted by atomic mass is 35.5. The third-order valence-corrected chi connectivity index (χ3v) is 3.16. The number of thiocarbonyl (C=S) groups is 1. The molecule has 3 N–H and O–H groups in total. The molecule has 0 saturated heterocycles. The van der Waals surface area contributed by atoms with Crippen LogP contribution in [-0.4, -0.2) is 14.5 Å². The topological polar surface area (TPSA) is 80.9 Å². The first-order valence-corrected chi connectivity index (χ1v) is 6.14. The highest BCUT2D eigenvalue weighted by Crippen LogP contribution is 2.18. The van der Waals surface area contributed by atoms with E-state index in [9.17, 15) is 9.59 Å². The molecule has 0 aliphatic rings. The molecule has 0 radical (unpaired) electrons. The van der Waals surface area contributed by atoms with Gasteiger partial charge in [-0.1, -0.05) is 36.0 Å².